The Morgan fingerprint density at radius 2 is 2.40 bits per heavy atom. The first-order chi connectivity index (χ1) is 4.72. The molecule has 0 aliphatic carbocycles. The third kappa shape index (κ3) is 3.69. The smallest absolute Gasteiger partial charge is 0.334 e. The Bertz CT molecular complexity index is 105. The van der Waals surface area contributed by atoms with Crippen molar-refractivity contribution in [3.63, 3.8) is 0 Å². The molecule has 0 aromatic rings. The second-order valence-corrected chi connectivity index (χ2v) is 2.16. The quantitative estimate of drug-likeness (QED) is 0.490. The van der Waals surface area contributed by atoms with Gasteiger partial charge in [0.25, 0.3) is 0 Å². The van der Waals surface area contributed by atoms with E-state index in [1.54, 1.807) is 6.92 Å². The second-order valence-electron chi connectivity index (χ2n) is 1.78. The molecule has 1 unspecified atom stereocenters. The average Bonchev–Trinajstić information content (AvgIpc) is 1.98. The minimum Gasteiger partial charge on any atom is -0.463 e. The Hall–Kier alpha value is -0.280. The van der Waals surface area contributed by atoms with Crippen LogP contribution in [0.1, 0.15) is 13.3 Å². The zero-order chi connectivity index (χ0) is 7.98. The van der Waals surface area contributed by atoms with Crippen molar-refractivity contribution in [2.75, 3.05) is 12.5 Å². The van der Waals surface area contributed by atoms with Gasteiger partial charge in [-0.15, -0.1) is 11.6 Å². The number of alkyl halides is 1. The summed E-state index contributed by atoms with van der Waals surface area (Å²) < 4.78 is 4.52. The number of rotatable bonds is 4. The average molecular weight is 167 g/mol. The third-order valence-electron chi connectivity index (χ3n) is 0.980. The summed E-state index contributed by atoms with van der Waals surface area (Å²) in [6, 6.07) is 0. The second kappa shape index (κ2) is 5.50. The number of hydrogen-bond acceptors (Lipinski definition) is 3. The van der Waals surface area contributed by atoms with Gasteiger partial charge >= 0.3 is 5.97 Å². The van der Waals surface area contributed by atoms with Gasteiger partial charge in [0.05, 0.1) is 5.88 Å². The highest BCUT2D eigenvalue weighted by molar-refractivity contribution is 6.18. The summed E-state index contributed by atoms with van der Waals surface area (Å²) in [6.45, 7) is 1.87. The largest absolute Gasteiger partial charge is 0.463 e. The number of carbonyl (C=O) groups is 1. The van der Waals surface area contributed by atoms with Crippen molar-refractivity contribution in [2.24, 2.45) is 0 Å². The van der Waals surface area contributed by atoms with E-state index < -0.39 is 12.1 Å². The van der Waals surface area contributed by atoms with E-state index in [0.717, 1.165) is 0 Å². The maximum absolute atomic E-state index is 10.6. The van der Waals surface area contributed by atoms with Gasteiger partial charge in [0.1, 0.15) is 6.61 Å². The van der Waals surface area contributed by atoms with Crippen molar-refractivity contribution >= 4 is 17.6 Å². The van der Waals surface area contributed by atoms with Gasteiger partial charge in [0.15, 0.2) is 6.10 Å². The summed E-state index contributed by atoms with van der Waals surface area (Å²) in [4.78, 5) is 10.6. The van der Waals surface area contributed by atoms with Gasteiger partial charge in [-0.3, -0.25) is 0 Å². The van der Waals surface area contributed by atoms with Crippen LogP contribution >= 0.6 is 11.6 Å². The topological polar surface area (TPSA) is 46.5 Å². The van der Waals surface area contributed by atoms with Gasteiger partial charge in [0.2, 0.25) is 0 Å². The Balaban J connectivity index is 3.42. The number of ether oxygens (including phenoxy) is 1. The first-order valence-electron chi connectivity index (χ1n) is 3.13. The van der Waals surface area contributed by atoms with Gasteiger partial charge in [-0.2, -0.15) is 0 Å². The number of hydrogen-bond donors (Lipinski definition) is 1. The van der Waals surface area contributed by atoms with Gasteiger partial charge in [-0.25, -0.2) is 4.79 Å². The summed E-state index contributed by atoms with van der Waals surface area (Å²) in [5.74, 6) is -0.328. The van der Waals surface area contributed by atoms with Crippen LogP contribution in [0.2, 0.25) is 0 Å². The van der Waals surface area contributed by atoms with E-state index in [4.69, 9.17) is 16.7 Å². The van der Waals surface area contributed by atoms with Gasteiger partial charge in [-0.05, 0) is 6.42 Å². The Kier molecular flexibility index (Phi) is 5.35. The molecule has 0 spiro atoms. The molecule has 60 valence electrons. The lowest BCUT2D eigenvalue weighted by Crippen LogP contribution is -2.22. The molecule has 1 atom stereocenters. The molecule has 0 aromatic heterocycles. The molecule has 0 aliphatic heterocycles. The van der Waals surface area contributed by atoms with Gasteiger partial charge in [0, 0.05) is 0 Å². The number of halogens is 1. The van der Waals surface area contributed by atoms with Crippen LogP contribution in [0, 0.1) is 0 Å². The molecule has 10 heavy (non-hydrogen) atoms. The fourth-order valence-electron chi connectivity index (χ4n) is 0.402. The van der Waals surface area contributed by atoms with Crippen molar-refractivity contribution in [1.82, 2.24) is 0 Å². The summed E-state index contributed by atoms with van der Waals surface area (Å²) >= 11 is 5.23. The summed E-state index contributed by atoms with van der Waals surface area (Å²) in [7, 11) is 0. The lowest BCUT2D eigenvalue weighted by Gasteiger charge is -2.05. The van der Waals surface area contributed by atoms with Crippen LogP contribution in [-0.2, 0) is 9.53 Å². The lowest BCUT2D eigenvalue weighted by molar-refractivity contribution is -0.152. The molecule has 3 nitrogen and oxygen atoms in total. The van der Waals surface area contributed by atoms with Crippen molar-refractivity contribution in [3.05, 3.63) is 0 Å². The molecule has 0 saturated heterocycles. The van der Waals surface area contributed by atoms with Crippen molar-refractivity contribution < 1.29 is 14.6 Å². The molecule has 0 heterocycles. The molecular formula is C6H11ClO3. The van der Waals surface area contributed by atoms with E-state index in [1.807, 2.05) is 0 Å². The van der Waals surface area contributed by atoms with Crippen molar-refractivity contribution in [3.8, 4) is 0 Å². The number of carbonyl (C=O) groups excluding carboxylic acids is 1. The molecule has 0 aromatic carbocycles. The minimum absolute atomic E-state index is 0.164. The summed E-state index contributed by atoms with van der Waals surface area (Å²) in [5.41, 5.74) is 0. The molecule has 0 saturated carbocycles. The van der Waals surface area contributed by atoms with Crippen molar-refractivity contribution in [1.29, 1.82) is 0 Å². The molecule has 0 fully saturated rings. The predicted octanol–water partition coefficient (Wildman–Crippen LogP) is 0.539. The van der Waals surface area contributed by atoms with Crippen LogP contribution in [-0.4, -0.2) is 29.7 Å². The van der Waals surface area contributed by atoms with Crippen LogP contribution in [0.3, 0.4) is 0 Å². The van der Waals surface area contributed by atoms with E-state index in [2.05, 4.69) is 4.74 Å². The van der Waals surface area contributed by atoms with Crippen molar-refractivity contribution in [2.45, 2.75) is 19.4 Å². The first kappa shape index (κ1) is 9.72. The Morgan fingerprint density at radius 1 is 1.80 bits per heavy atom. The SMILES string of the molecule is CCC(O)C(=O)OCCCl. The van der Waals surface area contributed by atoms with Gasteiger partial charge in [-0.1, -0.05) is 6.92 Å². The Morgan fingerprint density at radius 3 is 2.80 bits per heavy atom. The highest BCUT2D eigenvalue weighted by Crippen LogP contribution is 1.93. The molecule has 4 heteroatoms. The van der Waals surface area contributed by atoms with Crippen LogP contribution in [0.5, 0.6) is 0 Å². The summed E-state index contributed by atoms with van der Waals surface area (Å²) in [5, 5.41) is 8.84. The maximum atomic E-state index is 10.6. The maximum Gasteiger partial charge on any atom is 0.334 e. The zero-order valence-electron chi connectivity index (χ0n) is 5.84. The highest BCUT2D eigenvalue weighted by Gasteiger charge is 2.12. The van der Waals surface area contributed by atoms with E-state index in [0.29, 0.717) is 6.42 Å². The summed E-state index contributed by atoms with van der Waals surface area (Å²) in [6.07, 6.45) is -0.621. The Labute approximate surface area is 64.9 Å². The number of aliphatic hydroxyl groups is 1. The molecule has 0 bridgehead atoms. The monoisotopic (exact) mass is 166 g/mol. The number of aliphatic hydroxyl groups excluding tert-OH is 1. The minimum atomic E-state index is -0.997. The lowest BCUT2D eigenvalue weighted by atomic mass is 10.3. The van der Waals surface area contributed by atoms with E-state index >= 15 is 0 Å². The predicted molar refractivity (Wildman–Crippen MR) is 38.0 cm³/mol. The third-order valence-corrected chi connectivity index (χ3v) is 1.13. The van der Waals surface area contributed by atoms with E-state index in [9.17, 15) is 4.79 Å². The molecule has 1 N–H and O–H groups in total. The molecule has 0 amide bonds. The molecule has 0 radical (unpaired) electrons. The highest BCUT2D eigenvalue weighted by atomic mass is 35.5. The molecular weight excluding hydrogens is 156 g/mol. The van der Waals surface area contributed by atoms with Crippen LogP contribution in [0.25, 0.3) is 0 Å². The van der Waals surface area contributed by atoms with Crippen LogP contribution in [0.4, 0.5) is 0 Å². The normalized spacial score (nSPS) is 12.7. The standard InChI is InChI=1S/C6H11ClO3/c1-2-5(8)6(9)10-4-3-7/h5,8H,2-4H2,1H3. The first-order valence-corrected chi connectivity index (χ1v) is 3.66. The zero-order valence-corrected chi connectivity index (χ0v) is 6.60. The van der Waals surface area contributed by atoms with Crippen LogP contribution < -0.4 is 0 Å². The van der Waals surface area contributed by atoms with Crippen LogP contribution in [0.15, 0.2) is 0 Å². The van der Waals surface area contributed by atoms with E-state index in [-0.39, 0.29) is 12.5 Å². The molecule has 0 rings (SSSR count). The fraction of sp³-hybridized carbons (Fsp3) is 0.833. The van der Waals surface area contributed by atoms with E-state index in [1.165, 1.54) is 0 Å². The van der Waals surface area contributed by atoms with Gasteiger partial charge < -0.3 is 9.84 Å². The molecule has 0 aliphatic rings. The fourth-order valence-corrected chi connectivity index (χ4v) is 0.479. The number of esters is 1.